The van der Waals surface area contributed by atoms with E-state index in [0.29, 0.717) is 18.4 Å². The van der Waals surface area contributed by atoms with Gasteiger partial charge in [-0.15, -0.1) is 12.8 Å². The predicted octanol–water partition coefficient (Wildman–Crippen LogP) is 1.94. The minimum Gasteiger partial charge on any atom is -0.460 e. The second kappa shape index (κ2) is 10.2. The van der Waals surface area contributed by atoms with Gasteiger partial charge in [0.25, 0.3) is 10.1 Å². The van der Waals surface area contributed by atoms with Gasteiger partial charge in [-0.3, -0.25) is 4.55 Å². The van der Waals surface area contributed by atoms with E-state index >= 15 is 0 Å². The van der Waals surface area contributed by atoms with Gasteiger partial charge in [0.15, 0.2) is 0 Å². The van der Waals surface area contributed by atoms with E-state index in [1.54, 1.807) is 18.5 Å². The number of nitrogens with zero attached hydrogens (tertiary/aromatic N) is 2. The largest absolute Gasteiger partial charge is 0.460 e. The average Bonchev–Trinajstić information content (AvgIpc) is 2.41. The third kappa shape index (κ3) is 11.4. The molecule has 7 heteroatoms. The summed E-state index contributed by atoms with van der Waals surface area (Å²) in [5, 5.41) is 0. The summed E-state index contributed by atoms with van der Waals surface area (Å²) in [4.78, 5) is 8.08. The van der Waals surface area contributed by atoms with E-state index in [9.17, 15) is 8.42 Å². The molecule has 6 nitrogen and oxygen atoms in total. The molecule has 0 aromatic carbocycles. The van der Waals surface area contributed by atoms with Crippen LogP contribution < -0.4 is 4.74 Å². The van der Waals surface area contributed by atoms with E-state index in [1.165, 1.54) is 19.3 Å². The van der Waals surface area contributed by atoms with Crippen molar-refractivity contribution in [2.24, 2.45) is 0 Å². The quantitative estimate of drug-likeness (QED) is 0.663. The van der Waals surface area contributed by atoms with E-state index in [-0.39, 0.29) is 0 Å². The van der Waals surface area contributed by atoms with Crippen molar-refractivity contribution in [3.63, 3.8) is 0 Å². The van der Waals surface area contributed by atoms with Gasteiger partial charge in [0.2, 0.25) is 0 Å². The van der Waals surface area contributed by atoms with Crippen LogP contribution >= 0.6 is 0 Å². The fraction of sp³-hybridized carbons (Fsp3) is 0.538. The summed E-state index contributed by atoms with van der Waals surface area (Å²) >= 11 is 0. The highest BCUT2D eigenvalue weighted by Gasteiger charge is 2.15. The zero-order valence-corrected chi connectivity index (χ0v) is 12.3. The fourth-order valence-electron chi connectivity index (χ4n) is 1.68. The fourth-order valence-corrected chi connectivity index (χ4v) is 1.68. The van der Waals surface area contributed by atoms with Crippen molar-refractivity contribution >= 4 is 10.1 Å². The molecule has 0 amide bonds. The number of aromatic nitrogens is 2. The molecule has 1 heterocycles. The lowest BCUT2D eigenvalue weighted by molar-refractivity contribution is 0.142. The van der Waals surface area contributed by atoms with Crippen LogP contribution in [0.4, 0.5) is 0 Å². The summed E-state index contributed by atoms with van der Waals surface area (Å²) in [6.45, 7) is 0. The molecule has 0 bridgehead atoms. The molecule has 1 N–H and O–H groups in total. The Balaban J connectivity index is 0.000000441. The number of hydrogen-bond donors (Lipinski definition) is 1. The molecule has 112 valence electrons. The van der Waals surface area contributed by atoms with Gasteiger partial charge in [0.05, 0.1) is 6.26 Å². The Morgan fingerprint density at radius 2 is 1.65 bits per heavy atom. The average molecular weight is 300 g/mol. The van der Waals surface area contributed by atoms with Crippen LogP contribution in [0, 0.1) is 12.8 Å². The van der Waals surface area contributed by atoms with Gasteiger partial charge in [-0.2, -0.15) is 8.42 Å². The number of rotatable bonds is 2. The third-order valence-electron chi connectivity index (χ3n) is 2.37. The van der Waals surface area contributed by atoms with Crippen LogP contribution in [-0.4, -0.2) is 35.3 Å². The summed E-state index contributed by atoms with van der Waals surface area (Å²) in [5.74, 6) is 0. The zero-order chi connectivity index (χ0) is 15.4. The minimum atomic E-state index is -3.67. The molecular weight excluding hydrogens is 280 g/mol. The first kappa shape index (κ1) is 18.4. The molecule has 0 atom stereocenters. The van der Waals surface area contributed by atoms with Gasteiger partial charge in [0, 0.05) is 12.4 Å². The smallest absolute Gasteiger partial charge is 0.316 e. The lowest BCUT2D eigenvalue weighted by atomic mass is 9.98. The maximum absolute atomic E-state index is 9.19. The zero-order valence-electron chi connectivity index (χ0n) is 11.5. The molecule has 1 saturated carbocycles. The molecule has 20 heavy (non-hydrogen) atoms. The molecule has 1 aromatic heterocycles. The van der Waals surface area contributed by atoms with E-state index in [2.05, 4.69) is 22.8 Å². The van der Waals surface area contributed by atoms with Crippen LogP contribution in [0.3, 0.4) is 0 Å². The van der Waals surface area contributed by atoms with Gasteiger partial charge >= 0.3 is 6.01 Å². The molecule has 2 rings (SSSR count). The first-order valence-corrected chi connectivity index (χ1v) is 7.99. The van der Waals surface area contributed by atoms with Crippen molar-refractivity contribution in [1.82, 2.24) is 9.97 Å². The van der Waals surface area contributed by atoms with Crippen LogP contribution in [0.15, 0.2) is 18.5 Å². The van der Waals surface area contributed by atoms with Gasteiger partial charge in [-0.1, -0.05) is 6.42 Å². The lowest BCUT2D eigenvalue weighted by Gasteiger charge is -2.21. The summed E-state index contributed by atoms with van der Waals surface area (Å²) in [7, 11) is -3.67. The first-order chi connectivity index (χ1) is 9.45. The summed E-state index contributed by atoms with van der Waals surface area (Å²) in [6.07, 6.45) is 18.7. The van der Waals surface area contributed by atoms with Crippen molar-refractivity contribution in [2.45, 2.75) is 38.2 Å². The molecule has 0 unspecified atom stereocenters. The molecule has 1 fully saturated rings. The Bertz CT molecular complexity index is 460. The van der Waals surface area contributed by atoms with Crippen LogP contribution in [-0.2, 0) is 10.1 Å². The van der Waals surface area contributed by atoms with Crippen molar-refractivity contribution in [3.05, 3.63) is 18.5 Å². The second-order valence-corrected chi connectivity index (χ2v) is 5.61. The number of hydrogen-bond acceptors (Lipinski definition) is 5. The summed E-state index contributed by atoms with van der Waals surface area (Å²) in [5.41, 5.74) is 0. The normalized spacial score (nSPS) is 15.0. The molecule has 0 radical (unpaired) electrons. The highest BCUT2D eigenvalue weighted by molar-refractivity contribution is 7.85. The maximum Gasteiger partial charge on any atom is 0.316 e. The monoisotopic (exact) mass is 300 g/mol. The van der Waals surface area contributed by atoms with Crippen LogP contribution in [0.5, 0.6) is 6.01 Å². The Kier molecular flexibility index (Phi) is 9.34. The first-order valence-electron chi connectivity index (χ1n) is 6.14. The molecule has 1 aromatic rings. The molecule has 1 aliphatic rings. The number of terminal acetylenes is 1. The SMILES string of the molecule is C#C.CS(=O)(=O)O.c1cnc(OC2CCCCC2)nc1. The predicted molar refractivity (Wildman–Crippen MR) is 76.9 cm³/mol. The minimum absolute atomic E-state index is 0.344. The molecular formula is C13H20N2O4S. The molecule has 0 aliphatic heterocycles. The van der Waals surface area contributed by atoms with Crippen molar-refractivity contribution < 1.29 is 17.7 Å². The third-order valence-corrected chi connectivity index (χ3v) is 2.37. The Morgan fingerprint density at radius 3 is 2.10 bits per heavy atom. The van der Waals surface area contributed by atoms with Crippen molar-refractivity contribution in [3.8, 4) is 18.9 Å². The van der Waals surface area contributed by atoms with Gasteiger partial charge in [0.1, 0.15) is 6.10 Å². The second-order valence-electron chi connectivity index (χ2n) is 4.14. The van der Waals surface area contributed by atoms with E-state index < -0.39 is 10.1 Å². The highest BCUT2D eigenvalue weighted by Crippen LogP contribution is 2.20. The van der Waals surface area contributed by atoms with E-state index in [0.717, 1.165) is 12.8 Å². The van der Waals surface area contributed by atoms with Crippen molar-refractivity contribution in [2.75, 3.05) is 6.26 Å². The molecule has 0 saturated heterocycles. The van der Waals surface area contributed by atoms with Crippen molar-refractivity contribution in [1.29, 1.82) is 0 Å². The summed E-state index contributed by atoms with van der Waals surface area (Å²) < 4.78 is 31.5. The van der Waals surface area contributed by atoms with E-state index in [1.807, 2.05) is 0 Å². The number of ether oxygens (including phenoxy) is 1. The summed E-state index contributed by atoms with van der Waals surface area (Å²) in [6, 6.07) is 2.32. The maximum atomic E-state index is 9.19. The topological polar surface area (TPSA) is 89.4 Å². The van der Waals surface area contributed by atoms with E-state index in [4.69, 9.17) is 9.29 Å². The molecule has 1 aliphatic carbocycles. The highest BCUT2D eigenvalue weighted by atomic mass is 32.2. The van der Waals surface area contributed by atoms with Crippen LogP contribution in [0.2, 0.25) is 0 Å². The Labute approximate surface area is 120 Å². The van der Waals surface area contributed by atoms with Crippen LogP contribution in [0.25, 0.3) is 0 Å². The standard InChI is InChI=1S/C10H14N2O.C2H2.CH4O3S/c1-2-5-9(6-3-1)13-10-11-7-4-8-12-10;1-2;1-5(2,3)4/h4,7-9H,1-3,5-6H2;1-2H;1H3,(H,2,3,4). The Hall–Kier alpha value is -1.65. The van der Waals surface area contributed by atoms with Gasteiger partial charge < -0.3 is 4.74 Å². The lowest BCUT2D eigenvalue weighted by Crippen LogP contribution is -2.20. The van der Waals surface area contributed by atoms with Crippen LogP contribution in [0.1, 0.15) is 32.1 Å². The Morgan fingerprint density at radius 1 is 1.20 bits per heavy atom. The van der Waals surface area contributed by atoms with Gasteiger partial charge in [-0.05, 0) is 31.7 Å². The molecule has 0 spiro atoms. The van der Waals surface area contributed by atoms with Gasteiger partial charge in [-0.25, -0.2) is 9.97 Å².